The Morgan fingerprint density at radius 3 is 2.54 bits per heavy atom. The number of benzene rings is 1. The van der Waals surface area contributed by atoms with Crippen LogP contribution < -0.4 is 10.1 Å². The molecule has 1 unspecified atom stereocenters. The second-order valence-electron chi connectivity index (χ2n) is 5.66. The highest BCUT2D eigenvalue weighted by Gasteiger charge is 2.52. The van der Waals surface area contributed by atoms with Gasteiger partial charge in [-0.2, -0.15) is 0 Å². The minimum Gasteiger partial charge on any atom is -0.497 e. The molecule has 0 aliphatic carbocycles. The number of methoxy groups -OCH3 is 1. The highest BCUT2D eigenvalue weighted by molar-refractivity contribution is 8.00. The molecule has 0 aromatic heterocycles. The summed E-state index contributed by atoms with van der Waals surface area (Å²) in [6.07, 6.45) is -0.0281. The molecule has 1 aromatic rings. The lowest BCUT2D eigenvalue weighted by atomic mass is 10.0. The van der Waals surface area contributed by atoms with Crippen LogP contribution in [-0.4, -0.2) is 52.3 Å². The van der Waals surface area contributed by atoms with Gasteiger partial charge in [0.15, 0.2) is 0 Å². The molecule has 1 saturated heterocycles. The van der Waals surface area contributed by atoms with Crippen LogP contribution in [0.5, 0.6) is 5.75 Å². The first-order chi connectivity index (χ1) is 13.3. The number of nitrogens with one attached hydrogen (secondary N) is 1. The minimum atomic E-state index is -1.52. The van der Waals surface area contributed by atoms with Crippen molar-refractivity contribution < 1.29 is 29.0 Å². The average Bonchev–Trinajstić information content (AvgIpc) is 2.65. The summed E-state index contributed by atoms with van der Waals surface area (Å²) in [5.41, 5.74) is 0.462. The van der Waals surface area contributed by atoms with Crippen molar-refractivity contribution in [1.82, 2.24) is 10.2 Å². The molecule has 0 saturated carbocycles. The van der Waals surface area contributed by atoms with Gasteiger partial charge in [0, 0.05) is 5.75 Å². The van der Waals surface area contributed by atoms with E-state index >= 15 is 0 Å². The fourth-order valence-corrected chi connectivity index (χ4v) is 4.36. The summed E-state index contributed by atoms with van der Waals surface area (Å²) < 4.78 is 9.44. The van der Waals surface area contributed by atoms with Crippen molar-refractivity contribution in [3.63, 3.8) is 0 Å². The van der Waals surface area contributed by atoms with E-state index < -0.39 is 29.4 Å². The number of ether oxygens (including phenoxy) is 2. The normalized spacial score (nSPS) is 20.3. The van der Waals surface area contributed by atoms with Gasteiger partial charge in [-0.05, 0) is 23.8 Å². The summed E-state index contributed by atoms with van der Waals surface area (Å²) in [4.78, 5) is 37.1. The second kappa shape index (κ2) is 8.34. The maximum absolute atomic E-state index is 12.7. The Hall–Kier alpha value is -2.36. The molecule has 8 nitrogen and oxygen atoms in total. The Morgan fingerprint density at radius 1 is 1.29 bits per heavy atom. The van der Waals surface area contributed by atoms with Gasteiger partial charge in [-0.3, -0.25) is 14.5 Å². The number of thioether (sulfide) groups is 1. The van der Waals surface area contributed by atoms with Crippen LogP contribution in [0, 0.1) is 0 Å². The maximum atomic E-state index is 12.7. The van der Waals surface area contributed by atoms with Crippen LogP contribution in [0.3, 0.4) is 0 Å². The third-order valence-electron chi connectivity index (χ3n) is 4.08. The molecule has 1 fully saturated rings. The third-order valence-corrected chi connectivity index (χ3v) is 5.64. The first kappa shape index (κ1) is 20.4. The lowest BCUT2D eigenvalue weighted by Gasteiger charge is -2.47. The maximum Gasteiger partial charge on any atom is 0.512 e. The van der Waals surface area contributed by atoms with E-state index in [9.17, 15) is 14.4 Å². The number of halogens is 2. The zero-order valence-electron chi connectivity index (χ0n) is 14.3. The fraction of sp³-hybridized carbons (Fsp3) is 0.235. The van der Waals surface area contributed by atoms with Crippen LogP contribution in [0.25, 0.3) is 5.57 Å². The van der Waals surface area contributed by atoms with Gasteiger partial charge in [0.05, 0.1) is 12.7 Å². The van der Waals surface area contributed by atoms with Gasteiger partial charge in [0.1, 0.15) is 21.7 Å². The van der Waals surface area contributed by atoms with Crippen molar-refractivity contribution in [2.24, 2.45) is 0 Å². The molecule has 2 atom stereocenters. The highest BCUT2D eigenvalue weighted by Crippen LogP contribution is 2.38. The molecule has 0 radical (unpaired) electrons. The molecular weight excluding hydrogens is 431 g/mol. The van der Waals surface area contributed by atoms with Gasteiger partial charge in [-0.15, -0.1) is 11.8 Å². The molecular formula is C17H14Cl2N2O6S. The van der Waals surface area contributed by atoms with Crippen LogP contribution in [0.15, 0.2) is 40.7 Å². The Balaban J connectivity index is 1.75. The van der Waals surface area contributed by atoms with Gasteiger partial charge in [0.25, 0.3) is 11.8 Å². The molecule has 0 bridgehead atoms. The summed E-state index contributed by atoms with van der Waals surface area (Å²) in [6, 6.07) is 5.66. The summed E-state index contributed by atoms with van der Waals surface area (Å²) in [5.74, 6) is -0.152. The second-order valence-corrected chi connectivity index (χ2v) is 7.76. The van der Waals surface area contributed by atoms with Gasteiger partial charge < -0.3 is 19.9 Å². The molecule has 11 heteroatoms. The topological polar surface area (TPSA) is 105 Å². The van der Waals surface area contributed by atoms with E-state index in [0.29, 0.717) is 17.1 Å². The zero-order chi connectivity index (χ0) is 20.4. The fourth-order valence-electron chi connectivity index (χ4n) is 2.80. The first-order valence-corrected chi connectivity index (χ1v) is 9.70. The largest absolute Gasteiger partial charge is 0.512 e. The van der Waals surface area contributed by atoms with Gasteiger partial charge >= 0.3 is 6.16 Å². The molecule has 3 rings (SSSR count). The SMILES string of the molecule is COc1ccc(C(C(=O)NC2C(=O)N3C(OC(=O)O)=CCS[C@@H]23)=C(Cl)Cl)cc1. The molecule has 2 amide bonds. The Bertz CT molecular complexity index is 882. The number of hydrogen-bond acceptors (Lipinski definition) is 6. The highest BCUT2D eigenvalue weighted by atomic mass is 35.5. The number of amides is 2. The van der Waals surface area contributed by atoms with E-state index in [1.54, 1.807) is 24.3 Å². The monoisotopic (exact) mass is 444 g/mol. The predicted octanol–water partition coefficient (Wildman–Crippen LogP) is 2.78. The molecule has 1 aromatic carbocycles. The van der Waals surface area contributed by atoms with Crippen molar-refractivity contribution in [3.8, 4) is 5.75 Å². The number of hydrogen-bond donors (Lipinski definition) is 2. The molecule has 2 N–H and O–H groups in total. The Morgan fingerprint density at radius 2 is 1.96 bits per heavy atom. The number of β-lactam (4-membered cyclic amide) rings is 1. The van der Waals surface area contributed by atoms with Crippen molar-refractivity contribution in [2.45, 2.75) is 11.4 Å². The summed E-state index contributed by atoms with van der Waals surface area (Å²) >= 11 is 13.2. The minimum absolute atomic E-state index is 0.00981. The number of fused-ring (bicyclic) bond motifs is 1. The summed E-state index contributed by atoms with van der Waals surface area (Å²) in [7, 11) is 1.51. The van der Waals surface area contributed by atoms with E-state index in [4.69, 9.17) is 33.0 Å². The van der Waals surface area contributed by atoms with Crippen molar-refractivity contribution in [1.29, 1.82) is 0 Å². The number of rotatable bonds is 5. The third kappa shape index (κ3) is 3.91. The molecule has 2 aliphatic rings. The summed E-state index contributed by atoms with van der Waals surface area (Å²) in [6.45, 7) is 0. The van der Waals surface area contributed by atoms with Crippen LogP contribution >= 0.6 is 35.0 Å². The van der Waals surface area contributed by atoms with E-state index in [1.165, 1.54) is 29.8 Å². The zero-order valence-corrected chi connectivity index (χ0v) is 16.7. The van der Waals surface area contributed by atoms with Crippen LogP contribution in [0.4, 0.5) is 4.79 Å². The van der Waals surface area contributed by atoms with Crippen LogP contribution in [0.2, 0.25) is 0 Å². The van der Waals surface area contributed by atoms with E-state index in [0.717, 1.165) is 0 Å². The quantitative estimate of drug-likeness (QED) is 0.408. The summed E-state index contributed by atoms with van der Waals surface area (Å²) in [5, 5.41) is 10.9. The predicted molar refractivity (Wildman–Crippen MR) is 104 cm³/mol. The number of carboxylic acid groups (broad SMARTS) is 1. The Kier molecular flexibility index (Phi) is 6.07. The Labute approximate surface area is 174 Å². The van der Waals surface area contributed by atoms with Gasteiger partial charge in [-0.25, -0.2) is 4.79 Å². The van der Waals surface area contributed by atoms with E-state index in [2.05, 4.69) is 10.1 Å². The van der Waals surface area contributed by atoms with Gasteiger partial charge in [0.2, 0.25) is 5.88 Å². The van der Waals surface area contributed by atoms with Crippen molar-refractivity contribution in [2.75, 3.05) is 12.9 Å². The van der Waals surface area contributed by atoms with Crippen LogP contribution in [0.1, 0.15) is 5.56 Å². The molecule has 2 heterocycles. The standard InChI is InChI=1S/C17H14Cl2N2O6S/c1-26-9-4-2-8(3-5-9)11(13(18)19)14(22)20-12-15(23)21-10(27-17(24)25)6-7-28-16(12)21/h2-6,12,16H,7H2,1H3,(H,20,22)(H,24,25)/t12?,16-/m0/s1. The number of nitrogens with zero attached hydrogens (tertiary/aromatic N) is 1. The van der Waals surface area contributed by atoms with Crippen molar-refractivity contribution in [3.05, 3.63) is 46.3 Å². The van der Waals surface area contributed by atoms with Crippen LogP contribution in [-0.2, 0) is 14.3 Å². The smallest absolute Gasteiger partial charge is 0.497 e. The van der Waals surface area contributed by atoms with E-state index in [-0.39, 0.29) is 15.9 Å². The lowest BCUT2D eigenvalue weighted by molar-refractivity contribution is -0.148. The molecule has 148 valence electrons. The van der Waals surface area contributed by atoms with Crippen molar-refractivity contribution >= 4 is 58.5 Å². The lowest BCUT2D eigenvalue weighted by Crippen LogP contribution is -2.69. The number of carbonyl (C=O) groups is 3. The first-order valence-electron chi connectivity index (χ1n) is 7.89. The number of carbonyl (C=O) groups excluding carboxylic acids is 2. The van der Waals surface area contributed by atoms with E-state index in [1.807, 2.05) is 0 Å². The molecule has 0 spiro atoms. The molecule has 2 aliphatic heterocycles. The van der Waals surface area contributed by atoms with Gasteiger partial charge in [-0.1, -0.05) is 35.3 Å². The average molecular weight is 445 g/mol. The molecule has 28 heavy (non-hydrogen) atoms.